The maximum Gasteiger partial charge on any atom is 0.136 e. The molecule has 2 aromatic rings. The number of nitrogens with zero attached hydrogens (tertiary/aromatic N) is 3. The van der Waals surface area contributed by atoms with E-state index in [1.807, 2.05) is 44.6 Å². The number of aromatic nitrogens is 2. The smallest absolute Gasteiger partial charge is 0.136 e. The Morgan fingerprint density at radius 1 is 1.17 bits per heavy atom. The highest BCUT2D eigenvalue weighted by atomic mass is 15.2. The lowest BCUT2D eigenvalue weighted by Crippen LogP contribution is -2.15. The van der Waals surface area contributed by atoms with Gasteiger partial charge in [-0.3, -0.25) is 0 Å². The Hall–Kier alpha value is -1.94. The molecule has 2 rings (SSSR count). The van der Waals surface area contributed by atoms with Gasteiger partial charge < -0.3 is 10.2 Å². The van der Waals surface area contributed by atoms with Gasteiger partial charge in [0.2, 0.25) is 0 Å². The van der Waals surface area contributed by atoms with Gasteiger partial charge in [-0.05, 0) is 25.2 Å². The zero-order valence-corrected chi connectivity index (χ0v) is 10.8. The lowest BCUT2D eigenvalue weighted by Gasteiger charge is -2.18. The van der Waals surface area contributed by atoms with Crippen LogP contribution in [0.2, 0.25) is 0 Å². The third kappa shape index (κ3) is 3.05. The Morgan fingerprint density at radius 3 is 2.67 bits per heavy atom. The van der Waals surface area contributed by atoms with Crippen LogP contribution in [-0.4, -0.2) is 30.6 Å². The van der Waals surface area contributed by atoms with Crippen molar-refractivity contribution >= 4 is 11.5 Å². The molecule has 18 heavy (non-hydrogen) atoms. The van der Waals surface area contributed by atoms with Crippen LogP contribution in [0.1, 0.15) is 5.82 Å². The normalized spacial score (nSPS) is 10.3. The highest BCUT2D eigenvalue weighted by molar-refractivity contribution is 5.58. The quantitative estimate of drug-likeness (QED) is 0.870. The molecule has 0 saturated heterocycles. The topological polar surface area (TPSA) is 41.1 Å². The molecule has 94 valence electrons. The minimum atomic E-state index is 0.840. The van der Waals surface area contributed by atoms with Crippen LogP contribution in [0.15, 0.2) is 42.6 Å². The third-order valence-electron chi connectivity index (χ3n) is 2.78. The van der Waals surface area contributed by atoms with Crippen LogP contribution in [0.3, 0.4) is 0 Å². The van der Waals surface area contributed by atoms with E-state index in [-0.39, 0.29) is 0 Å². The summed E-state index contributed by atoms with van der Waals surface area (Å²) in [5.41, 5.74) is 1.12. The fourth-order valence-corrected chi connectivity index (χ4v) is 1.72. The Morgan fingerprint density at radius 2 is 1.94 bits per heavy atom. The first-order valence-electron chi connectivity index (χ1n) is 6.06. The van der Waals surface area contributed by atoms with Crippen LogP contribution in [0.25, 0.3) is 0 Å². The summed E-state index contributed by atoms with van der Waals surface area (Å²) in [6.45, 7) is 0.887. The molecule has 0 amide bonds. The van der Waals surface area contributed by atoms with Crippen LogP contribution in [0, 0.1) is 0 Å². The van der Waals surface area contributed by atoms with E-state index in [1.54, 1.807) is 0 Å². The molecule has 4 nitrogen and oxygen atoms in total. The van der Waals surface area contributed by atoms with Crippen molar-refractivity contribution in [3.8, 4) is 0 Å². The molecule has 0 bridgehead atoms. The van der Waals surface area contributed by atoms with Crippen LogP contribution >= 0.6 is 0 Å². The molecule has 0 aliphatic heterocycles. The third-order valence-corrected chi connectivity index (χ3v) is 2.78. The van der Waals surface area contributed by atoms with Crippen molar-refractivity contribution in [2.75, 3.05) is 25.5 Å². The second-order valence-electron chi connectivity index (χ2n) is 4.08. The second kappa shape index (κ2) is 6.12. The largest absolute Gasteiger partial charge is 0.329 e. The number of nitrogens with one attached hydrogen (secondary N) is 1. The Kier molecular flexibility index (Phi) is 4.25. The van der Waals surface area contributed by atoms with Gasteiger partial charge in [-0.1, -0.05) is 18.2 Å². The van der Waals surface area contributed by atoms with Crippen molar-refractivity contribution in [1.29, 1.82) is 0 Å². The van der Waals surface area contributed by atoms with Gasteiger partial charge in [0.05, 0.1) is 0 Å². The van der Waals surface area contributed by atoms with Gasteiger partial charge in [-0.15, -0.1) is 0 Å². The molecule has 0 aliphatic carbocycles. The molecule has 4 heteroatoms. The van der Waals surface area contributed by atoms with E-state index in [2.05, 4.69) is 32.3 Å². The van der Waals surface area contributed by atoms with E-state index >= 15 is 0 Å². The van der Waals surface area contributed by atoms with E-state index in [4.69, 9.17) is 0 Å². The van der Waals surface area contributed by atoms with Crippen molar-refractivity contribution in [2.24, 2.45) is 0 Å². The summed E-state index contributed by atoms with van der Waals surface area (Å²) >= 11 is 0. The van der Waals surface area contributed by atoms with Gasteiger partial charge in [0.25, 0.3) is 0 Å². The van der Waals surface area contributed by atoms with E-state index < -0.39 is 0 Å². The highest BCUT2D eigenvalue weighted by Gasteiger charge is 2.06. The first kappa shape index (κ1) is 12.5. The molecule has 1 aromatic carbocycles. The molecular formula is C14H18N4. The fourth-order valence-electron chi connectivity index (χ4n) is 1.72. The Balaban J connectivity index is 2.17. The molecule has 0 unspecified atom stereocenters. The van der Waals surface area contributed by atoms with Gasteiger partial charge in [0.15, 0.2) is 0 Å². The van der Waals surface area contributed by atoms with E-state index in [0.717, 1.165) is 30.3 Å². The first-order chi connectivity index (χ1) is 8.81. The number of hydrogen-bond acceptors (Lipinski definition) is 4. The molecule has 0 saturated carbocycles. The Bertz CT molecular complexity index is 484. The number of rotatable bonds is 5. The lowest BCUT2D eigenvalue weighted by atomic mass is 10.3. The predicted molar refractivity (Wildman–Crippen MR) is 74.2 cm³/mol. The highest BCUT2D eigenvalue weighted by Crippen LogP contribution is 2.20. The van der Waals surface area contributed by atoms with Crippen LogP contribution < -0.4 is 10.2 Å². The van der Waals surface area contributed by atoms with Gasteiger partial charge in [-0.25, -0.2) is 9.97 Å². The summed E-state index contributed by atoms with van der Waals surface area (Å²) in [6.07, 6.45) is 2.65. The van der Waals surface area contributed by atoms with Crippen molar-refractivity contribution in [3.63, 3.8) is 0 Å². The maximum absolute atomic E-state index is 4.56. The summed E-state index contributed by atoms with van der Waals surface area (Å²) in [5, 5.41) is 3.10. The number of anilines is 2. The molecule has 1 N–H and O–H groups in total. The van der Waals surface area contributed by atoms with Crippen LogP contribution in [0.4, 0.5) is 11.5 Å². The summed E-state index contributed by atoms with van der Waals surface area (Å²) in [4.78, 5) is 10.9. The zero-order chi connectivity index (χ0) is 12.8. The SMILES string of the molecule is CNCCc1nccc(N(C)c2ccccc2)n1. The monoisotopic (exact) mass is 242 g/mol. The fraction of sp³-hybridized carbons (Fsp3) is 0.286. The molecule has 0 radical (unpaired) electrons. The summed E-state index contributed by atoms with van der Waals surface area (Å²) < 4.78 is 0. The maximum atomic E-state index is 4.56. The standard InChI is InChI=1S/C14H18N4/c1-15-10-8-13-16-11-9-14(17-13)18(2)12-6-4-3-5-7-12/h3-7,9,11,15H,8,10H2,1-2H3. The summed E-state index contributed by atoms with van der Waals surface area (Å²) in [5.74, 6) is 1.78. The number of likely N-dealkylation sites (N-methyl/N-ethyl adjacent to an activating group) is 1. The van der Waals surface area contributed by atoms with Crippen molar-refractivity contribution < 1.29 is 0 Å². The van der Waals surface area contributed by atoms with Gasteiger partial charge >= 0.3 is 0 Å². The predicted octanol–water partition coefficient (Wildman–Crippen LogP) is 2.01. The molecular weight excluding hydrogens is 224 g/mol. The number of benzene rings is 1. The van der Waals surface area contributed by atoms with E-state index in [0.29, 0.717) is 0 Å². The van der Waals surface area contributed by atoms with Gasteiger partial charge in [-0.2, -0.15) is 0 Å². The minimum absolute atomic E-state index is 0.840. The van der Waals surface area contributed by atoms with E-state index in [1.165, 1.54) is 0 Å². The first-order valence-corrected chi connectivity index (χ1v) is 6.06. The molecule has 1 heterocycles. The average molecular weight is 242 g/mol. The summed E-state index contributed by atoms with van der Waals surface area (Å²) in [7, 11) is 3.94. The van der Waals surface area contributed by atoms with Crippen LogP contribution in [-0.2, 0) is 6.42 Å². The molecule has 0 aliphatic rings. The van der Waals surface area contributed by atoms with Crippen molar-refractivity contribution in [1.82, 2.24) is 15.3 Å². The van der Waals surface area contributed by atoms with Crippen LogP contribution in [0.5, 0.6) is 0 Å². The number of para-hydroxylation sites is 1. The number of hydrogen-bond donors (Lipinski definition) is 1. The minimum Gasteiger partial charge on any atom is -0.329 e. The Labute approximate surface area is 108 Å². The summed E-state index contributed by atoms with van der Waals surface area (Å²) in [6, 6.07) is 12.1. The van der Waals surface area contributed by atoms with Crippen molar-refractivity contribution in [2.45, 2.75) is 6.42 Å². The zero-order valence-electron chi connectivity index (χ0n) is 10.8. The van der Waals surface area contributed by atoms with E-state index in [9.17, 15) is 0 Å². The van der Waals surface area contributed by atoms with Crippen molar-refractivity contribution in [3.05, 3.63) is 48.4 Å². The molecule has 0 atom stereocenters. The molecule has 0 fully saturated rings. The molecule has 1 aromatic heterocycles. The van der Waals surface area contributed by atoms with Gasteiger partial charge in [0.1, 0.15) is 11.6 Å². The second-order valence-corrected chi connectivity index (χ2v) is 4.08. The molecule has 0 spiro atoms. The lowest BCUT2D eigenvalue weighted by molar-refractivity contribution is 0.754. The van der Waals surface area contributed by atoms with Gasteiger partial charge in [0, 0.05) is 31.9 Å². The average Bonchev–Trinajstić information content (AvgIpc) is 2.45.